The van der Waals surface area contributed by atoms with Gasteiger partial charge in [-0.3, -0.25) is 9.48 Å². The molecule has 7 heteroatoms. The maximum Gasteiger partial charge on any atom is 0.261 e. The third-order valence-corrected chi connectivity index (χ3v) is 5.98. The first-order valence-corrected chi connectivity index (χ1v) is 9.61. The third kappa shape index (κ3) is 3.38. The van der Waals surface area contributed by atoms with Gasteiger partial charge in [-0.05, 0) is 18.6 Å². The second-order valence-corrected chi connectivity index (χ2v) is 7.78. The van der Waals surface area contributed by atoms with Crippen molar-refractivity contribution in [2.24, 2.45) is 5.92 Å². The number of β-amino-alcohol motifs (C(OH)–C–C–N with tert-alkyl or cyclic N) is 1. The molecule has 0 radical (unpaired) electrons. The molecular weight excluding hydrogens is 348 g/mol. The molecule has 3 heterocycles. The van der Waals surface area contributed by atoms with Crippen molar-refractivity contribution < 1.29 is 9.90 Å². The van der Waals surface area contributed by atoms with Crippen LogP contribution < -0.4 is 10.6 Å². The Hall–Kier alpha value is -2.22. The van der Waals surface area contributed by atoms with Gasteiger partial charge in [0.1, 0.15) is 4.83 Å². The maximum atomic E-state index is 12.5. The largest absolute Gasteiger partial charge is 0.391 e. The van der Waals surface area contributed by atoms with Gasteiger partial charge in [0.05, 0.1) is 23.2 Å². The van der Waals surface area contributed by atoms with Gasteiger partial charge in [0.2, 0.25) is 0 Å². The standard InChI is InChI=1S/C19H22N4O2S/c1-12-15-7-17(18(25)21-9-14-8-20-10-16(14)24)26-19(15)23(22-12)11-13-5-3-2-4-6-13/h2-7,14,16,20,24H,8-11H2,1H3,(H,21,25). The van der Waals surface area contributed by atoms with Gasteiger partial charge in [0.15, 0.2) is 0 Å². The molecule has 1 aliphatic heterocycles. The molecule has 1 aromatic carbocycles. The lowest BCUT2D eigenvalue weighted by atomic mass is 10.1. The Kier molecular flexibility index (Phi) is 4.76. The van der Waals surface area contributed by atoms with Crippen LogP contribution in [0.5, 0.6) is 0 Å². The fourth-order valence-electron chi connectivity index (χ4n) is 3.33. The van der Waals surface area contributed by atoms with Gasteiger partial charge in [-0.25, -0.2) is 0 Å². The van der Waals surface area contributed by atoms with Crippen LogP contribution in [0.3, 0.4) is 0 Å². The van der Waals surface area contributed by atoms with Gasteiger partial charge in [0.25, 0.3) is 5.91 Å². The summed E-state index contributed by atoms with van der Waals surface area (Å²) in [6.07, 6.45) is -0.389. The first-order chi connectivity index (χ1) is 12.6. The van der Waals surface area contributed by atoms with Gasteiger partial charge in [0, 0.05) is 30.9 Å². The van der Waals surface area contributed by atoms with E-state index in [-0.39, 0.29) is 17.9 Å². The SMILES string of the molecule is Cc1nn(Cc2ccccc2)c2sc(C(=O)NCC3CNCC3O)cc12. The first kappa shape index (κ1) is 17.2. The van der Waals surface area contributed by atoms with Gasteiger partial charge < -0.3 is 15.7 Å². The number of hydrogen-bond donors (Lipinski definition) is 3. The Balaban J connectivity index is 1.51. The molecule has 1 aliphatic rings. The van der Waals surface area contributed by atoms with Crippen LogP contribution in [0.4, 0.5) is 0 Å². The summed E-state index contributed by atoms with van der Waals surface area (Å²) >= 11 is 1.47. The predicted octanol–water partition coefficient (Wildman–Crippen LogP) is 1.76. The molecule has 6 nitrogen and oxygen atoms in total. The second kappa shape index (κ2) is 7.19. The van der Waals surface area contributed by atoms with Crippen LogP contribution in [-0.2, 0) is 6.54 Å². The summed E-state index contributed by atoms with van der Waals surface area (Å²) < 4.78 is 1.96. The minimum absolute atomic E-state index is 0.0728. The van der Waals surface area contributed by atoms with Crippen LogP contribution in [-0.4, -0.2) is 46.5 Å². The fraction of sp³-hybridized carbons (Fsp3) is 0.368. The molecule has 0 saturated carbocycles. The van der Waals surface area contributed by atoms with Crippen molar-refractivity contribution in [3.8, 4) is 0 Å². The Bertz CT molecular complexity index is 918. The van der Waals surface area contributed by atoms with E-state index in [2.05, 4.69) is 27.9 Å². The molecule has 26 heavy (non-hydrogen) atoms. The Morgan fingerprint density at radius 1 is 1.38 bits per heavy atom. The summed E-state index contributed by atoms with van der Waals surface area (Å²) in [6, 6.07) is 12.1. The third-order valence-electron chi connectivity index (χ3n) is 4.84. The molecule has 3 aromatic rings. The Morgan fingerprint density at radius 3 is 2.92 bits per heavy atom. The lowest BCUT2D eigenvalue weighted by Crippen LogP contribution is -2.34. The summed E-state index contributed by atoms with van der Waals surface area (Å²) in [6.45, 7) is 4.47. The fourth-order valence-corrected chi connectivity index (χ4v) is 4.40. The molecule has 4 rings (SSSR count). The van der Waals surface area contributed by atoms with E-state index in [1.54, 1.807) is 0 Å². The van der Waals surface area contributed by atoms with E-state index in [0.717, 1.165) is 22.5 Å². The van der Waals surface area contributed by atoms with Crippen LogP contribution in [0.1, 0.15) is 20.9 Å². The minimum atomic E-state index is -0.389. The van der Waals surface area contributed by atoms with Crippen molar-refractivity contribution in [2.45, 2.75) is 19.6 Å². The average Bonchev–Trinajstić information content (AvgIpc) is 3.32. The van der Waals surface area contributed by atoms with E-state index in [0.29, 0.717) is 24.5 Å². The maximum absolute atomic E-state index is 12.5. The molecule has 2 atom stereocenters. The highest BCUT2D eigenvalue weighted by Gasteiger charge is 2.25. The Labute approximate surface area is 155 Å². The number of nitrogens with zero attached hydrogens (tertiary/aromatic N) is 2. The van der Waals surface area contributed by atoms with Crippen LogP contribution >= 0.6 is 11.3 Å². The summed E-state index contributed by atoms with van der Waals surface area (Å²) in [4.78, 5) is 14.2. The topological polar surface area (TPSA) is 79.2 Å². The molecule has 136 valence electrons. The normalized spacial score (nSPS) is 19.9. The number of hydrogen-bond acceptors (Lipinski definition) is 5. The van der Waals surface area contributed by atoms with E-state index in [1.807, 2.05) is 35.9 Å². The van der Waals surface area contributed by atoms with Crippen molar-refractivity contribution in [3.63, 3.8) is 0 Å². The van der Waals surface area contributed by atoms with Crippen molar-refractivity contribution in [3.05, 3.63) is 52.5 Å². The van der Waals surface area contributed by atoms with Gasteiger partial charge in [-0.1, -0.05) is 30.3 Å². The number of amides is 1. The van der Waals surface area contributed by atoms with Gasteiger partial charge in [-0.15, -0.1) is 11.3 Å². The summed E-state index contributed by atoms with van der Waals surface area (Å²) in [5, 5.41) is 21.6. The van der Waals surface area contributed by atoms with Crippen molar-refractivity contribution in [1.29, 1.82) is 0 Å². The van der Waals surface area contributed by atoms with Crippen molar-refractivity contribution in [1.82, 2.24) is 20.4 Å². The predicted molar refractivity (Wildman–Crippen MR) is 103 cm³/mol. The number of fused-ring (bicyclic) bond motifs is 1. The smallest absolute Gasteiger partial charge is 0.261 e. The molecule has 0 spiro atoms. The van der Waals surface area contributed by atoms with E-state index >= 15 is 0 Å². The van der Waals surface area contributed by atoms with Crippen LogP contribution in [0.15, 0.2) is 36.4 Å². The average molecular weight is 370 g/mol. The molecule has 0 aliphatic carbocycles. The van der Waals surface area contributed by atoms with E-state index in [4.69, 9.17) is 0 Å². The van der Waals surface area contributed by atoms with Gasteiger partial charge in [-0.2, -0.15) is 5.10 Å². The molecule has 1 saturated heterocycles. The zero-order valence-electron chi connectivity index (χ0n) is 14.6. The number of aryl methyl sites for hydroxylation is 1. The lowest BCUT2D eigenvalue weighted by Gasteiger charge is -2.13. The quantitative estimate of drug-likeness (QED) is 0.640. The number of nitrogens with one attached hydrogen (secondary N) is 2. The number of carbonyl (C=O) groups is 1. The molecule has 3 N–H and O–H groups in total. The van der Waals surface area contributed by atoms with Crippen LogP contribution in [0, 0.1) is 12.8 Å². The minimum Gasteiger partial charge on any atom is -0.391 e. The highest BCUT2D eigenvalue weighted by atomic mass is 32.1. The highest BCUT2D eigenvalue weighted by Crippen LogP contribution is 2.29. The van der Waals surface area contributed by atoms with Crippen LogP contribution in [0.25, 0.3) is 10.2 Å². The highest BCUT2D eigenvalue weighted by molar-refractivity contribution is 7.20. The second-order valence-electron chi connectivity index (χ2n) is 6.75. The van der Waals surface area contributed by atoms with Crippen LogP contribution in [0.2, 0.25) is 0 Å². The number of aliphatic hydroxyl groups excluding tert-OH is 1. The zero-order valence-corrected chi connectivity index (χ0v) is 15.4. The number of rotatable bonds is 5. The number of thiophene rings is 1. The molecule has 2 unspecified atom stereocenters. The van der Waals surface area contributed by atoms with Crippen molar-refractivity contribution >= 4 is 27.5 Å². The monoisotopic (exact) mass is 370 g/mol. The van der Waals surface area contributed by atoms with E-state index in [1.165, 1.54) is 16.9 Å². The molecule has 1 fully saturated rings. The molecule has 0 bridgehead atoms. The number of aliphatic hydroxyl groups is 1. The van der Waals surface area contributed by atoms with Crippen molar-refractivity contribution in [2.75, 3.05) is 19.6 Å². The molecule has 1 amide bonds. The molecular formula is C19H22N4O2S. The van der Waals surface area contributed by atoms with Gasteiger partial charge >= 0.3 is 0 Å². The number of benzene rings is 1. The Morgan fingerprint density at radius 2 is 2.19 bits per heavy atom. The summed E-state index contributed by atoms with van der Waals surface area (Å²) in [5.41, 5.74) is 2.11. The number of carbonyl (C=O) groups excluding carboxylic acids is 1. The summed E-state index contributed by atoms with van der Waals surface area (Å²) in [5.74, 6) is -0.0143. The zero-order chi connectivity index (χ0) is 18.1. The first-order valence-electron chi connectivity index (χ1n) is 8.79. The summed E-state index contributed by atoms with van der Waals surface area (Å²) in [7, 11) is 0. The van der Waals surface area contributed by atoms with E-state index < -0.39 is 0 Å². The number of aromatic nitrogens is 2. The molecule has 2 aromatic heterocycles. The lowest BCUT2D eigenvalue weighted by molar-refractivity contribution is 0.0931. The van der Waals surface area contributed by atoms with E-state index in [9.17, 15) is 9.90 Å².